The van der Waals surface area contributed by atoms with Crippen LogP contribution in [0.15, 0.2) is 34.7 Å². The maximum atomic E-state index is 12.8. The number of amides is 1. The van der Waals surface area contributed by atoms with Gasteiger partial charge in [0.2, 0.25) is 11.8 Å². The predicted molar refractivity (Wildman–Crippen MR) is 94.7 cm³/mol. The molecule has 136 valence electrons. The fourth-order valence-corrected chi connectivity index (χ4v) is 2.58. The minimum Gasteiger partial charge on any atom is -0.496 e. The zero-order valence-corrected chi connectivity index (χ0v) is 15.0. The highest BCUT2D eigenvalue weighted by atomic mass is 16.5. The Morgan fingerprint density at radius 2 is 2.00 bits per heavy atom. The number of nitrogens with one attached hydrogen (secondary N) is 1. The molecule has 26 heavy (non-hydrogen) atoms. The Balaban J connectivity index is 1.79. The Hall–Kier alpha value is -3.16. The van der Waals surface area contributed by atoms with Crippen molar-refractivity contribution in [3.8, 4) is 17.0 Å². The van der Waals surface area contributed by atoms with Crippen molar-refractivity contribution in [2.75, 3.05) is 13.7 Å². The molecule has 0 saturated heterocycles. The Kier molecular flexibility index (Phi) is 5.31. The van der Waals surface area contributed by atoms with Gasteiger partial charge in [-0.1, -0.05) is 19.1 Å². The number of ether oxygens (including phenoxy) is 1. The van der Waals surface area contributed by atoms with Crippen LogP contribution in [-0.4, -0.2) is 44.9 Å². The quantitative estimate of drug-likeness (QED) is 0.700. The first kappa shape index (κ1) is 17.7. The van der Waals surface area contributed by atoms with Gasteiger partial charge in [-0.15, -0.1) is 10.2 Å². The van der Waals surface area contributed by atoms with Gasteiger partial charge in [-0.2, -0.15) is 5.10 Å². The van der Waals surface area contributed by atoms with Crippen molar-refractivity contribution in [1.29, 1.82) is 0 Å². The molecule has 1 N–H and O–H groups in total. The highest BCUT2D eigenvalue weighted by Gasteiger charge is 2.20. The van der Waals surface area contributed by atoms with Crippen molar-refractivity contribution in [2.45, 2.75) is 26.8 Å². The predicted octanol–water partition coefficient (Wildman–Crippen LogP) is 2.69. The van der Waals surface area contributed by atoms with E-state index in [2.05, 4.69) is 20.4 Å². The van der Waals surface area contributed by atoms with E-state index in [-0.39, 0.29) is 12.5 Å². The van der Waals surface area contributed by atoms with E-state index in [0.717, 1.165) is 5.56 Å². The molecule has 0 aliphatic heterocycles. The van der Waals surface area contributed by atoms with E-state index >= 15 is 0 Å². The first-order chi connectivity index (χ1) is 12.7. The molecule has 0 bridgehead atoms. The normalized spacial score (nSPS) is 10.7. The monoisotopic (exact) mass is 355 g/mol. The Labute approximate surface area is 151 Å². The van der Waals surface area contributed by atoms with Crippen molar-refractivity contribution in [3.05, 3.63) is 47.8 Å². The molecule has 1 aromatic carbocycles. The zero-order valence-electron chi connectivity index (χ0n) is 15.0. The summed E-state index contributed by atoms with van der Waals surface area (Å²) in [4.78, 5) is 14.4. The lowest BCUT2D eigenvalue weighted by molar-refractivity contribution is 0.0731. The first-order valence-corrected chi connectivity index (χ1v) is 8.45. The van der Waals surface area contributed by atoms with E-state index in [1.54, 1.807) is 18.1 Å². The molecule has 0 spiro atoms. The van der Waals surface area contributed by atoms with Crippen LogP contribution in [0.5, 0.6) is 5.75 Å². The molecule has 0 unspecified atom stereocenters. The van der Waals surface area contributed by atoms with Crippen LogP contribution in [0.3, 0.4) is 0 Å². The molecule has 2 heterocycles. The number of aromatic amines is 1. The van der Waals surface area contributed by atoms with Crippen LogP contribution in [0.1, 0.15) is 36.1 Å². The topological polar surface area (TPSA) is 97.1 Å². The van der Waals surface area contributed by atoms with Crippen LogP contribution in [-0.2, 0) is 13.0 Å². The van der Waals surface area contributed by atoms with Gasteiger partial charge in [0.1, 0.15) is 11.4 Å². The molecule has 0 aliphatic rings. The number of hydrogen-bond acceptors (Lipinski definition) is 6. The van der Waals surface area contributed by atoms with Crippen LogP contribution >= 0.6 is 0 Å². The second-order valence-corrected chi connectivity index (χ2v) is 5.63. The fraction of sp³-hybridized carbons (Fsp3) is 0.333. The summed E-state index contributed by atoms with van der Waals surface area (Å²) in [6.07, 6.45) is 0.663. The summed E-state index contributed by atoms with van der Waals surface area (Å²) in [5.41, 5.74) is 1.86. The molecular weight excluding hydrogens is 334 g/mol. The average Bonchev–Trinajstić information content (AvgIpc) is 3.35. The average molecular weight is 355 g/mol. The molecule has 0 fully saturated rings. The van der Waals surface area contributed by atoms with Gasteiger partial charge in [0, 0.05) is 18.5 Å². The Morgan fingerprint density at radius 1 is 1.23 bits per heavy atom. The van der Waals surface area contributed by atoms with E-state index in [0.29, 0.717) is 41.9 Å². The maximum Gasteiger partial charge on any atom is 0.272 e. The number of rotatable bonds is 7. The second-order valence-electron chi connectivity index (χ2n) is 5.63. The first-order valence-electron chi connectivity index (χ1n) is 8.45. The van der Waals surface area contributed by atoms with Crippen LogP contribution < -0.4 is 4.74 Å². The summed E-state index contributed by atoms with van der Waals surface area (Å²) < 4.78 is 10.9. The zero-order chi connectivity index (χ0) is 18.5. The minimum absolute atomic E-state index is 0.183. The smallest absolute Gasteiger partial charge is 0.272 e. The number of methoxy groups -OCH3 is 1. The third-order valence-electron chi connectivity index (χ3n) is 4.00. The molecule has 8 heteroatoms. The van der Waals surface area contributed by atoms with E-state index in [1.807, 2.05) is 38.1 Å². The molecule has 2 aromatic heterocycles. The lowest BCUT2D eigenvalue weighted by Crippen LogP contribution is -2.30. The summed E-state index contributed by atoms with van der Waals surface area (Å²) in [6, 6.07) is 9.24. The number of aryl methyl sites for hydroxylation is 1. The third-order valence-corrected chi connectivity index (χ3v) is 4.00. The van der Waals surface area contributed by atoms with Gasteiger partial charge in [0.05, 0.1) is 19.3 Å². The van der Waals surface area contributed by atoms with Crippen LogP contribution in [0.25, 0.3) is 11.3 Å². The third kappa shape index (κ3) is 3.58. The summed E-state index contributed by atoms with van der Waals surface area (Å²) in [7, 11) is 1.60. The number of nitrogens with zero attached hydrogens (tertiary/aromatic N) is 4. The molecule has 1 amide bonds. The Bertz CT molecular complexity index is 886. The van der Waals surface area contributed by atoms with Gasteiger partial charge in [-0.05, 0) is 25.1 Å². The molecule has 0 saturated carbocycles. The Morgan fingerprint density at radius 3 is 2.69 bits per heavy atom. The summed E-state index contributed by atoms with van der Waals surface area (Å²) in [6.45, 7) is 4.59. The standard InChI is InChI=1S/C18H21N5O3/c1-4-16-21-22-17(26-16)11-23(5-2)18(24)14-10-13(19-20-14)12-8-6-7-9-15(12)25-3/h6-10H,4-5,11H2,1-3H3,(H,19,20). The van der Waals surface area contributed by atoms with Crippen molar-refractivity contribution >= 4 is 5.91 Å². The molecular formula is C18H21N5O3. The number of para-hydroxylation sites is 1. The van der Waals surface area contributed by atoms with Crippen LogP contribution in [0.4, 0.5) is 0 Å². The van der Waals surface area contributed by atoms with Gasteiger partial charge in [-0.25, -0.2) is 0 Å². The minimum atomic E-state index is -0.183. The highest BCUT2D eigenvalue weighted by molar-refractivity contribution is 5.93. The summed E-state index contributed by atoms with van der Waals surface area (Å²) in [5.74, 6) is 1.49. The molecule has 0 aliphatic carbocycles. The van der Waals surface area contributed by atoms with Gasteiger partial charge in [-0.3, -0.25) is 9.89 Å². The highest BCUT2D eigenvalue weighted by Crippen LogP contribution is 2.28. The van der Waals surface area contributed by atoms with E-state index in [4.69, 9.17) is 9.15 Å². The van der Waals surface area contributed by atoms with E-state index < -0.39 is 0 Å². The lowest BCUT2D eigenvalue weighted by atomic mass is 10.1. The number of aromatic nitrogens is 4. The summed E-state index contributed by atoms with van der Waals surface area (Å²) in [5, 5.41) is 15.0. The largest absolute Gasteiger partial charge is 0.496 e. The number of carbonyl (C=O) groups is 1. The number of hydrogen-bond donors (Lipinski definition) is 1. The maximum absolute atomic E-state index is 12.8. The van der Waals surface area contributed by atoms with Crippen molar-refractivity contribution < 1.29 is 13.9 Å². The van der Waals surface area contributed by atoms with E-state index in [9.17, 15) is 4.79 Å². The number of benzene rings is 1. The fourth-order valence-electron chi connectivity index (χ4n) is 2.58. The molecule has 0 radical (unpaired) electrons. The SMILES string of the molecule is CCc1nnc(CN(CC)C(=O)c2cc(-c3ccccc3OC)n[nH]2)o1. The van der Waals surface area contributed by atoms with Gasteiger partial charge < -0.3 is 14.1 Å². The van der Waals surface area contributed by atoms with Crippen molar-refractivity contribution in [1.82, 2.24) is 25.3 Å². The van der Waals surface area contributed by atoms with Gasteiger partial charge in [0.15, 0.2) is 0 Å². The van der Waals surface area contributed by atoms with E-state index in [1.165, 1.54) is 0 Å². The number of H-pyrrole nitrogens is 1. The number of carbonyl (C=O) groups excluding carboxylic acids is 1. The molecule has 0 atom stereocenters. The second kappa shape index (κ2) is 7.81. The summed E-state index contributed by atoms with van der Waals surface area (Å²) >= 11 is 0. The van der Waals surface area contributed by atoms with Crippen molar-refractivity contribution in [2.24, 2.45) is 0 Å². The van der Waals surface area contributed by atoms with Gasteiger partial charge in [0.25, 0.3) is 5.91 Å². The van der Waals surface area contributed by atoms with Crippen LogP contribution in [0.2, 0.25) is 0 Å². The molecule has 3 aromatic rings. The van der Waals surface area contributed by atoms with Crippen LogP contribution in [0, 0.1) is 0 Å². The van der Waals surface area contributed by atoms with Gasteiger partial charge >= 0.3 is 0 Å². The van der Waals surface area contributed by atoms with Crippen molar-refractivity contribution in [3.63, 3.8) is 0 Å². The molecule has 3 rings (SSSR count). The molecule has 8 nitrogen and oxygen atoms in total. The lowest BCUT2D eigenvalue weighted by Gasteiger charge is -2.17.